The number of aromatic nitrogens is 4. The summed E-state index contributed by atoms with van der Waals surface area (Å²) in [5, 5.41) is 6.81. The predicted molar refractivity (Wildman–Crippen MR) is 104 cm³/mol. The van der Waals surface area contributed by atoms with E-state index in [2.05, 4.69) is 30.6 Å². The smallest absolute Gasteiger partial charge is 0.406 e. The number of anilines is 1. The van der Waals surface area contributed by atoms with E-state index in [-0.39, 0.29) is 28.8 Å². The Kier molecular flexibility index (Phi) is 4.28. The molecular weight excluding hydrogens is 401 g/mol. The summed E-state index contributed by atoms with van der Waals surface area (Å²) in [5.41, 5.74) is 0.178. The minimum absolute atomic E-state index is 0.0417. The highest BCUT2D eigenvalue weighted by atomic mass is 19.4. The molecule has 0 bridgehead atoms. The summed E-state index contributed by atoms with van der Waals surface area (Å²) in [6.45, 7) is 1.60. The summed E-state index contributed by atoms with van der Waals surface area (Å²) < 4.78 is 46.2. The topological polar surface area (TPSA) is 112 Å². The predicted octanol–water partition coefficient (Wildman–Crippen LogP) is 3.24. The third-order valence-electron chi connectivity index (χ3n) is 5.22. The number of hydrogen-bond acceptors (Lipinski definition) is 6. The van der Waals surface area contributed by atoms with Crippen molar-refractivity contribution in [3.05, 3.63) is 40.6 Å². The Morgan fingerprint density at radius 2 is 2.13 bits per heavy atom. The molecule has 5 rings (SSSR count). The molecule has 4 aromatic rings. The van der Waals surface area contributed by atoms with Crippen molar-refractivity contribution in [2.24, 2.45) is 0 Å². The van der Waals surface area contributed by atoms with Gasteiger partial charge in [0.1, 0.15) is 5.56 Å². The van der Waals surface area contributed by atoms with Crippen LogP contribution in [0.2, 0.25) is 0 Å². The van der Waals surface area contributed by atoms with Gasteiger partial charge < -0.3 is 20.0 Å². The number of H-pyrrole nitrogens is 2. The zero-order valence-corrected chi connectivity index (χ0v) is 15.6. The number of hydrogen-bond donors (Lipinski definition) is 4. The monoisotopic (exact) mass is 418 g/mol. The van der Waals surface area contributed by atoms with E-state index in [4.69, 9.17) is 4.42 Å². The molecule has 0 unspecified atom stereocenters. The molecule has 1 saturated heterocycles. The molecule has 0 amide bonds. The van der Waals surface area contributed by atoms with Gasteiger partial charge in [0.15, 0.2) is 5.58 Å². The normalized spacial score (nSPS) is 17.6. The second kappa shape index (κ2) is 6.87. The van der Waals surface area contributed by atoms with Gasteiger partial charge in [0.05, 0.1) is 16.7 Å². The minimum Gasteiger partial charge on any atom is -0.406 e. The lowest BCUT2D eigenvalue weighted by Crippen LogP contribution is -2.38. The number of halogens is 3. The fourth-order valence-corrected chi connectivity index (χ4v) is 3.82. The van der Waals surface area contributed by atoms with E-state index in [1.807, 2.05) is 0 Å². The summed E-state index contributed by atoms with van der Waals surface area (Å²) in [4.78, 5) is 25.1. The van der Waals surface area contributed by atoms with Gasteiger partial charge in [0, 0.05) is 35.9 Å². The molecule has 1 aliphatic heterocycles. The summed E-state index contributed by atoms with van der Waals surface area (Å²) >= 11 is 0. The Morgan fingerprint density at radius 1 is 1.27 bits per heavy atom. The highest BCUT2D eigenvalue weighted by molar-refractivity contribution is 6.07. The van der Waals surface area contributed by atoms with E-state index in [0.717, 1.165) is 25.6 Å². The van der Waals surface area contributed by atoms with Crippen LogP contribution in [0.25, 0.3) is 33.3 Å². The van der Waals surface area contributed by atoms with Gasteiger partial charge in [-0.05, 0) is 31.5 Å². The molecule has 8 nitrogen and oxygen atoms in total. The van der Waals surface area contributed by atoms with Crippen molar-refractivity contribution in [2.75, 3.05) is 18.4 Å². The molecule has 0 spiro atoms. The van der Waals surface area contributed by atoms with Crippen LogP contribution >= 0.6 is 0 Å². The second-order valence-electron chi connectivity index (χ2n) is 7.22. The van der Waals surface area contributed by atoms with Crippen molar-refractivity contribution in [3.8, 4) is 11.3 Å². The fourth-order valence-electron chi connectivity index (χ4n) is 3.82. The number of oxazole rings is 1. The lowest BCUT2D eigenvalue weighted by atomic mass is 10.1. The Balaban J connectivity index is 1.65. The van der Waals surface area contributed by atoms with Gasteiger partial charge in [-0.1, -0.05) is 0 Å². The largest absolute Gasteiger partial charge is 0.419 e. The number of piperidine rings is 1. The van der Waals surface area contributed by atoms with Crippen LogP contribution in [-0.2, 0) is 6.18 Å². The van der Waals surface area contributed by atoms with Gasteiger partial charge in [0.2, 0.25) is 5.95 Å². The van der Waals surface area contributed by atoms with Crippen LogP contribution in [0.1, 0.15) is 18.4 Å². The maximum atomic E-state index is 13.7. The quantitative estimate of drug-likeness (QED) is 0.407. The number of nitrogens with zero attached hydrogens (tertiary/aromatic N) is 2. The lowest BCUT2D eigenvalue weighted by molar-refractivity contribution is -0.137. The Labute approximate surface area is 166 Å². The zero-order chi connectivity index (χ0) is 20.9. The highest BCUT2D eigenvalue weighted by Gasteiger charge is 2.36. The SMILES string of the molecule is O=c1[nH]c2ccc3c(-c4nc(N[C@H]5CCCNC5)ncc4C(F)(F)F)c[nH]c3c2o1. The average molecular weight is 418 g/mol. The van der Waals surface area contributed by atoms with Crippen LogP contribution in [-0.4, -0.2) is 39.1 Å². The van der Waals surface area contributed by atoms with E-state index in [1.54, 1.807) is 12.1 Å². The first-order valence-corrected chi connectivity index (χ1v) is 9.45. The summed E-state index contributed by atoms with van der Waals surface area (Å²) in [7, 11) is 0. The third-order valence-corrected chi connectivity index (χ3v) is 5.22. The summed E-state index contributed by atoms with van der Waals surface area (Å²) in [6.07, 6.45) is -0.556. The van der Waals surface area contributed by atoms with Crippen molar-refractivity contribution in [1.82, 2.24) is 25.3 Å². The van der Waals surface area contributed by atoms with Gasteiger partial charge in [-0.15, -0.1) is 0 Å². The highest BCUT2D eigenvalue weighted by Crippen LogP contribution is 2.39. The van der Waals surface area contributed by atoms with Gasteiger partial charge in [-0.25, -0.2) is 14.8 Å². The maximum Gasteiger partial charge on any atom is 0.419 e. The molecule has 1 aliphatic rings. The van der Waals surface area contributed by atoms with Crippen LogP contribution in [0.4, 0.5) is 19.1 Å². The first-order chi connectivity index (χ1) is 14.4. The summed E-state index contributed by atoms with van der Waals surface area (Å²) in [6, 6.07) is 3.25. The van der Waals surface area contributed by atoms with E-state index in [0.29, 0.717) is 23.0 Å². The van der Waals surface area contributed by atoms with E-state index >= 15 is 0 Å². The van der Waals surface area contributed by atoms with Crippen molar-refractivity contribution >= 4 is 28.0 Å². The van der Waals surface area contributed by atoms with E-state index in [9.17, 15) is 18.0 Å². The first-order valence-electron chi connectivity index (χ1n) is 9.45. The van der Waals surface area contributed by atoms with Gasteiger partial charge in [-0.3, -0.25) is 4.98 Å². The molecule has 3 aromatic heterocycles. The minimum atomic E-state index is -4.63. The summed E-state index contributed by atoms with van der Waals surface area (Å²) in [5.74, 6) is -0.505. The molecule has 1 fully saturated rings. The lowest BCUT2D eigenvalue weighted by Gasteiger charge is -2.24. The van der Waals surface area contributed by atoms with E-state index < -0.39 is 17.5 Å². The van der Waals surface area contributed by atoms with Crippen molar-refractivity contribution in [1.29, 1.82) is 0 Å². The van der Waals surface area contributed by atoms with Crippen LogP contribution in [0.15, 0.2) is 33.7 Å². The van der Waals surface area contributed by atoms with E-state index in [1.165, 1.54) is 6.20 Å². The number of aromatic amines is 2. The van der Waals surface area contributed by atoms with Crippen molar-refractivity contribution < 1.29 is 17.6 Å². The average Bonchev–Trinajstić information content (AvgIpc) is 3.30. The standard InChI is InChI=1S/C19H17F3N6O2/c20-19(21,22)12-8-25-17(26-9-2-1-5-23-6-9)28-14(12)11-7-24-15-10(11)3-4-13-16(15)30-18(29)27-13/h3-4,7-9,23-24H,1-2,5-6H2,(H,27,29)(H,25,26,28)/t9-/m0/s1. The molecule has 4 N–H and O–H groups in total. The Hall–Kier alpha value is -3.34. The maximum absolute atomic E-state index is 13.7. The van der Waals surface area contributed by atoms with Gasteiger partial charge in [0.25, 0.3) is 0 Å². The first kappa shape index (κ1) is 18.7. The van der Waals surface area contributed by atoms with Crippen molar-refractivity contribution in [2.45, 2.75) is 25.1 Å². The molecule has 156 valence electrons. The zero-order valence-electron chi connectivity index (χ0n) is 15.6. The number of alkyl halides is 3. The molecule has 30 heavy (non-hydrogen) atoms. The Morgan fingerprint density at radius 3 is 2.90 bits per heavy atom. The van der Waals surface area contributed by atoms with Crippen LogP contribution in [0.5, 0.6) is 0 Å². The van der Waals surface area contributed by atoms with Gasteiger partial charge >= 0.3 is 11.9 Å². The van der Waals surface area contributed by atoms with Crippen LogP contribution < -0.4 is 16.4 Å². The Bertz CT molecular complexity index is 1280. The third kappa shape index (κ3) is 3.20. The molecule has 0 aliphatic carbocycles. The molecule has 4 heterocycles. The number of nitrogens with one attached hydrogen (secondary N) is 4. The molecular formula is C19H17F3N6O2. The number of benzene rings is 1. The molecule has 1 atom stereocenters. The molecule has 11 heteroatoms. The van der Waals surface area contributed by atoms with Gasteiger partial charge in [-0.2, -0.15) is 13.2 Å². The fraction of sp³-hybridized carbons (Fsp3) is 0.316. The second-order valence-corrected chi connectivity index (χ2v) is 7.22. The molecule has 1 aromatic carbocycles. The van der Waals surface area contributed by atoms with Crippen molar-refractivity contribution in [3.63, 3.8) is 0 Å². The number of rotatable bonds is 3. The number of fused-ring (bicyclic) bond motifs is 3. The molecule has 0 radical (unpaired) electrons. The molecule has 0 saturated carbocycles. The van der Waals surface area contributed by atoms with Crippen LogP contribution in [0.3, 0.4) is 0 Å². The van der Waals surface area contributed by atoms with Crippen LogP contribution in [0, 0.1) is 0 Å².